The van der Waals surface area contributed by atoms with Crippen molar-refractivity contribution < 1.29 is 9.15 Å². The van der Waals surface area contributed by atoms with Gasteiger partial charge in [0.15, 0.2) is 5.96 Å². The number of guanidine groups is 1. The third kappa shape index (κ3) is 6.84. The van der Waals surface area contributed by atoms with E-state index in [9.17, 15) is 0 Å². The van der Waals surface area contributed by atoms with Crippen molar-refractivity contribution in [3.05, 3.63) is 41.6 Å². The number of hydrogen-bond donors (Lipinski definition) is 2. The standard InChI is InChI=1S/C19H29N5O2.HI/c1-3-18-16(13-24(2)23-18)12-22-19(21-11-15-7-10-25-14-15)20-8-6-17-5-4-9-26-17;/h4-5,9,13,15H,3,6-8,10-12,14H2,1-2H3,(H2,20,21,22);1H. The zero-order chi connectivity index (χ0) is 18.2. The molecule has 150 valence electrons. The zero-order valence-electron chi connectivity index (χ0n) is 16.1. The fourth-order valence-corrected chi connectivity index (χ4v) is 3.10. The zero-order valence-corrected chi connectivity index (χ0v) is 18.4. The highest BCUT2D eigenvalue weighted by Crippen LogP contribution is 2.11. The third-order valence-electron chi connectivity index (χ3n) is 4.56. The van der Waals surface area contributed by atoms with Gasteiger partial charge in [-0.3, -0.25) is 4.68 Å². The molecule has 1 aliphatic rings. The van der Waals surface area contributed by atoms with Crippen molar-refractivity contribution >= 4 is 29.9 Å². The quantitative estimate of drug-likeness (QED) is 0.340. The second kappa shape index (κ2) is 11.3. The molecule has 0 radical (unpaired) electrons. The molecular formula is C19H30IN5O2. The number of nitrogens with one attached hydrogen (secondary N) is 2. The summed E-state index contributed by atoms with van der Waals surface area (Å²) in [5.41, 5.74) is 2.28. The average molecular weight is 487 g/mol. The fraction of sp³-hybridized carbons (Fsp3) is 0.579. The van der Waals surface area contributed by atoms with Gasteiger partial charge in [0, 0.05) is 50.8 Å². The Morgan fingerprint density at radius 2 is 2.30 bits per heavy atom. The summed E-state index contributed by atoms with van der Waals surface area (Å²) in [5, 5.41) is 11.4. The number of aliphatic imine (C=N–C) groups is 1. The molecule has 1 atom stereocenters. The molecular weight excluding hydrogens is 457 g/mol. The fourth-order valence-electron chi connectivity index (χ4n) is 3.10. The lowest BCUT2D eigenvalue weighted by Crippen LogP contribution is -2.40. The lowest BCUT2D eigenvalue weighted by atomic mass is 10.1. The minimum Gasteiger partial charge on any atom is -0.469 e. The first kappa shape index (κ1) is 21.7. The van der Waals surface area contributed by atoms with Crippen molar-refractivity contribution in [1.82, 2.24) is 20.4 Å². The second-order valence-electron chi connectivity index (χ2n) is 6.66. The van der Waals surface area contributed by atoms with E-state index in [-0.39, 0.29) is 24.0 Å². The van der Waals surface area contributed by atoms with Gasteiger partial charge in [0.25, 0.3) is 0 Å². The Hall–Kier alpha value is -1.55. The van der Waals surface area contributed by atoms with Gasteiger partial charge in [0.1, 0.15) is 5.76 Å². The number of halogens is 1. The monoisotopic (exact) mass is 487 g/mol. The predicted octanol–water partition coefficient (Wildman–Crippen LogP) is 2.51. The van der Waals surface area contributed by atoms with E-state index in [1.165, 1.54) is 5.56 Å². The van der Waals surface area contributed by atoms with E-state index in [0.29, 0.717) is 12.5 Å². The van der Waals surface area contributed by atoms with Crippen molar-refractivity contribution in [1.29, 1.82) is 0 Å². The maximum absolute atomic E-state index is 5.46. The first-order chi connectivity index (χ1) is 12.7. The first-order valence-corrected chi connectivity index (χ1v) is 9.38. The Bertz CT molecular complexity index is 693. The Morgan fingerprint density at radius 1 is 1.41 bits per heavy atom. The van der Waals surface area contributed by atoms with Crippen LogP contribution in [0.2, 0.25) is 0 Å². The molecule has 1 fully saturated rings. The molecule has 3 rings (SSSR count). The molecule has 0 saturated carbocycles. The number of ether oxygens (including phenoxy) is 1. The summed E-state index contributed by atoms with van der Waals surface area (Å²) < 4.78 is 12.7. The maximum atomic E-state index is 5.46. The van der Waals surface area contributed by atoms with Crippen LogP contribution in [-0.4, -0.2) is 42.0 Å². The van der Waals surface area contributed by atoms with Gasteiger partial charge in [-0.15, -0.1) is 24.0 Å². The van der Waals surface area contributed by atoms with Crippen LogP contribution in [0.1, 0.15) is 30.4 Å². The van der Waals surface area contributed by atoms with Crippen LogP contribution in [0.4, 0.5) is 0 Å². The van der Waals surface area contributed by atoms with E-state index in [1.54, 1.807) is 6.26 Å². The highest BCUT2D eigenvalue weighted by atomic mass is 127. The number of aryl methyl sites for hydroxylation is 2. The Labute approximate surface area is 178 Å². The van der Waals surface area contributed by atoms with Crippen molar-refractivity contribution in [2.24, 2.45) is 18.0 Å². The normalized spacial score (nSPS) is 17.0. The molecule has 8 heteroatoms. The summed E-state index contributed by atoms with van der Waals surface area (Å²) in [6, 6.07) is 3.91. The second-order valence-corrected chi connectivity index (χ2v) is 6.66. The molecule has 7 nitrogen and oxygen atoms in total. The van der Waals surface area contributed by atoms with E-state index in [2.05, 4.69) is 22.7 Å². The molecule has 2 aromatic heterocycles. The van der Waals surface area contributed by atoms with Crippen LogP contribution in [0.5, 0.6) is 0 Å². The van der Waals surface area contributed by atoms with Crippen LogP contribution in [0.15, 0.2) is 34.0 Å². The highest BCUT2D eigenvalue weighted by Gasteiger charge is 2.16. The smallest absolute Gasteiger partial charge is 0.191 e. The molecule has 1 unspecified atom stereocenters. The largest absolute Gasteiger partial charge is 0.469 e. The van der Waals surface area contributed by atoms with E-state index in [0.717, 1.165) is 63.0 Å². The van der Waals surface area contributed by atoms with Crippen molar-refractivity contribution in [3.63, 3.8) is 0 Å². The molecule has 2 aromatic rings. The predicted molar refractivity (Wildman–Crippen MR) is 116 cm³/mol. The summed E-state index contributed by atoms with van der Waals surface area (Å²) in [5.74, 6) is 2.35. The minimum atomic E-state index is 0. The SMILES string of the molecule is CCc1nn(C)cc1CN=C(NCCc1ccco1)NCC1CCOC1.I. The maximum Gasteiger partial charge on any atom is 0.191 e. The van der Waals surface area contributed by atoms with Crippen LogP contribution in [0, 0.1) is 5.92 Å². The number of nitrogens with zero attached hydrogens (tertiary/aromatic N) is 3. The van der Waals surface area contributed by atoms with Gasteiger partial charge in [0.2, 0.25) is 0 Å². The van der Waals surface area contributed by atoms with Gasteiger partial charge in [-0.1, -0.05) is 6.92 Å². The number of hydrogen-bond acceptors (Lipinski definition) is 4. The lowest BCUT2D eigenvalue weighted by molar-refractivity contribution is 0.186. The van der Waals surface area contributed by atoms with Gasteiger partial charge in [0.05, 0.1) is 25.1 Å². The molecule has 1 aliphatic heterocycles. The van der Waals surface area contributed by atoms with E-state index in [1.807, 2.05) is 30.1 Å². The highest BCUT2D eigenvalue weighted by molar-refractivity contribution is 14.0. The summed E-state index contributed by atoms with van der Waals surface area (Å²) in [4.78, 5) is 4.77. The topological polar surface area (TPSA) is 76.6 Å². The van der Waals surface area contributed by atoms with Crippen LogP contribution in [-0.2, 0) is 31.2 Å². The van der Waals surface area contributed by atoms with Gasteiger partial charge in [-0.05, 0) is 25.0 Å². The van der Waals surface area contributed by atoms with E-state index in [4.69, 9.17) is 14.1 Å². The van der Waals surface area contributed by atoms with Gasteiger partial charge in [-0.2, -0.15) is 5.10 Å². The molecule has 27 heavy (non-hydrogen) atoms. The van der Waals surface area contributed by atoms with Crippen molar-refractivity contribution in [3.8, 4) is 0 Å². The Morgan fingerprint density at radius 3 is 3.00 bits per heavy atom. The van der Waals surface area contributed by atoms with Gasteiger partial charge >= 0.3 is 0 Å². The molecule has 3 heterocycles. The summed E-state index contributed by atoms with van der Waals surface area (Å²) in [6.45, 7) is 6.08. The Balaban J connectivity index is 0.00000261. The van der Waals surface area contributed by atoms with Crippen LogP contribution in [0.3, 0.4) is 0 Å². The van der Waals surface area contributed by atoms with E-state index < -0.39 is 0 Å². The summed E-state index contributed by atoms with van der Waals surface area (Å²) >= 11 is 0. The molecule has 0 spiro atoms. The summed E-state index contributed by atoms with van der Waals surface area (Å²) in [6.07, 6.45) is 6.60. The number of furan rings is 1. The molecule has 0 bridgehead atoms. The number of rotatable bonds is 8. The molecule has 1 saturated heterocycles. The minimum absolute atomic E-state index is 0. The molecule has 2 N–H and O–H groups in total. The molecule has 0 aliphatic carbocycles. The first-order valence-electron chi connectivity index (χ1n) is 9.38. The Kier molecular flexibility index (Phi) is 9.12. The lowest BCUT2D eigenvalue weighted by Gasteiger charge is -2.15. The average Bonchev–Trinajstić information content (AvgIpc) is 3.38. The van der Waals surface area contributed by atoms with Crippen LogP contribution >= 0.6 is 24.0 Å². The van der Waals surface area contributed by atoms with Gasteiger partial charge in [-0.25, -0.2) is 4.99 Å². The molecule has 0 amide bonds. The van der Waals surface area contributed by atoms with Crippen LogP contribution < -0.4 is 10.6 Å². The molecule has 0 aromatic carbocycles. The van der Waals surface area contributed by atoms with Crippen molar-refractivity contribution in [2.45, 2.75) is 32.7 Å². The summed E-state index contributed by atoms with van der Waals surface area (Å²) in [7, 11) is 1.95. The van der Waals surface area contributed by atoms with Crippen LogP contribution in [0.25, 0.3) is 0 Å². The van der Waals surface area contributed by atoms with Crippen molar-refractivity contribution in [2.75, 3.05) is 26.3 Å². The number of aromatic nitrogens is 2. The van der Waals surface area contributed by atoms with Gasteiger partial charge < -0.3 is 19.8 Å². The van der Waals surface area contributed by atoms with E-state index >= 15 is 0 Å². The third-order valence-corrected chi connectivity index (χ3v) is 4.56.